The lowest BCUT2D eigenvalue weighted by Crippen LogP contribution is -2.02. The molecule has 0 fully saturated rings. The van der Waals surface area contributed by atoms with Crippen LogP contribution in [0, 0.1) is 12.7 Å². The number of nitrogens with zero attached hydrogens (tertiary/aromatic N) is 1. The molecule has 0 spiro atoms. The van der Waals surface area contributed by atoms with Crippen molar-refractivity contribution in [2.45, 2.75) is 6.92 Å². The maximum Gasteiger partial charge on any atom is 0.336 e. The van der Waals surface area contributed by atoms with Gasteiger partial charge >= 0.3 is 5.97 Å². The fraction of sp³-hybridized carbons (Fsp3) is 0.111. The van der Waals surface area contributed by atoms with E-state index in [9.17, 15) is 14.3 Å². The second-order valence-corrected chi connectivity index (χ2v) is 5.76. The Hall–Kier alpha value is -2.66. The Morgan fingerprint density at radius 3 is 2.62 bits per heavy atom. The van der Waals surface area contributed by atoms with Crippen molar-refractivity contribution in [3.05, 3.63) is 58.4 Å². The minimum atomic E-state index is -1.17. The summed E-state index contributed by atoms with van der Waals surface area (Å²) in [5.41, 5.74) is 1.83. The number of hydrogen-bond acceptors (Lipinski definition) is 3. The molecule has 0 saturated heterocycles. The fourth-order valence-electron chi connectivity index (χ4n) is 2.61. The first-order valence-corrected chi connectivity index (χ1v) is 7.46. The van der Waals surface area contributed by atoms with E-state index < -0.39 is 11.8 Å². The van der Waals surface area contributed by atoms with Gasteiger partial charge in [-0.25, -0.2) is 14.2 Å². The van der Waals surface area contributed by atoms with E-state index in [4.69, 9.17) is 16.3 Å². The van der Waals surface area contributed by atoms with Crippen LogP contribution >= 0.6 is 11.6 Å². The van der Waals surface area contributed by atoms with Crippen LogP contribution in [0.2, 0.25) is 5.02 Å². The van der Waals surface area contributed by atoms with Crippen LogP contribution in [0.4, 0.5) is 4.39 Å². The molecule has 122 valence electrons. The second-order valence-electron chi connectivity index (χ2n) is 5.33. The van der Waals surface area contributed by atoms with Crippen LogP contribution in [0.25, 0.3) is 22.2 Å². The minimum absolute atomic E-state index is 0.0252. The number of halogens is 2. The van der Waals surface area contributed by atoms with Gasteiger partial charge in [-0.15, -0.1) is 0 Å². The first-order chi connectivity index (χ1) is 11.4. The third kappa shape index (κ3) is 2.78. The van der Waals surface area contributed by atoms with Gasteiger partial charge in [-0.2, -0.15) is 0 Å². The van der Waals surface area contributed by atoms with Gasteiger partial charge in [-0.1, -0.05) is 11.6 Å². The summed E-state index contributed by atoms with van der Waals surface area (Å²) < 4.78 is 19.4. The molecular weight excluding hydrogens is 333 g/mol. The highest BCUT2D eigenvalue weighted by Crippen LogP contribution is 2.31. The summed E-state index contributed by atoms with van der Waals surface area (Å²) in [6.45, 7) is 1.86. The summed E-state index contributed by atoms with van der Waals surface area (Å²) in [4.78, 5) is 15.9. The van der Waals surface area contributed by atoms with Gasteiger partial charge in [0.1, 0.15) is 11.3 Å². The highest BCUT2D eigenvalue weighted by Gasteiger charge is 2.17. The van der Waals surface area contributed by atoms with Gasteiger partial charge in [-0.05, 0) is 48.9 Å². The number of carbonyl (C=O) groups is 1. The zero-order valence-electron chi connectivity index (χ0n) is 12.9. The Bertz CT molecular complexity index is 972. The number of hydrogen-bond donors (Lipinski definition) is 1. The van der Waals surface area contributed by atoms with E-state index in [1.165, 1.54) is 12.1 Å². The maximum absolute atomic E-state index is 14.2. The standard InChI is InChI=1S/C18H13ClFNO3/c1-9-5-10(3-4-16(9)24-2)15-8-13(18(22)23)12-6-11(19)7-14(20)17(12)21-15/h3-8H,1-2H3,(H,22,23). The molecule has 3 aromatic rings. The van der Waals surface area contributed by atoms with E-state index in [-0.39, 0.29) is 21.5 Å². The van der Waals surface area contributed by atoms with E-state index in [0.29, 0.717) is 17.0 Å². The minimum Gasteiger partial charge on any atom is -0.496 e. The molecule has 4 nitrogen and oxygen atoms in total. The number of benzene rings is 2. The van der Waals surface area contributed by atoms with E-state index >= 15 is 0 Å². The van der Waals surface area contributed by atoms with Gasteiger partial charge in [0.2, 0.25) is 0 Å². The van der Waals surface area contributed by atoms with Crippen molar-refractivity contribution in [1.82, 2.24) is 4.98 Å². The van der Waals surface area contributed by atoms with Crippen LogP contribution in [0.15, 0.2) is 36.4 Å². The highest BCUT2D eigenvalue weighted by molar-refractivity contribution is 6.31. The smallest absolute Gasteiger partial charge is 0.336 e. The molecule has 0 aliphatic rings. The van der Waals surface area contributed by atoms with Crippen molar-refractivity contribution in [2.24, 2.45) is 0 Å². The molecule has 3 rings (SSSR count). The first-order valence-electron chi connectivity index (χ1n) is 7.09. The van der Waals surface area contributed by atoms with Gasteiger partial charge in [0, 0.05) is 16.0 Å². The average Bonchev–Trinajstić information content (AvgIpc) is 2.53. The van der Waals surface area contributed by atoms with Crippen LogP contribution in [-0.4, -0.2) is 23.2 Å². The fourth-order valence-corrected chi connectivity index (χ4v) is 2.82. The summed E-state index contributed by atoms with van der Waals surface area (Å²) in [7, 11) is 1.57. The van der Waals surface area contributed by atoms with Crippen LogP contribution in [0.3, 0.4) is 0 Å². The Labute approximate surface area is 142 Å². The van der Waals surface area contributed by atoms with Gasteiger partial charge < -0.3 is 9.84 Å². The summed E-state index contributed by atoms with van der Waals surface area (Å²) in [6.07, 6.45) is 0. The molecule has 0 atom stereocenters. The largest absolute Gasteiger partial charge is 0.496 e. The lowest BCUT2D eigenvalue weighted by molar-refractivity contribution is 0.0699. The molecule has 0 amide bonds. The van der Waals surface area contributed by atoms with Crippen molar-refractivity contribution in [2.75, 3.05) is 7.11 Å². The van der Waals surface area contributed by atoms with Crippen LogP contribution in [0.5, 0.6) is 5.75 Å². The zero-order chi connectivity index (χ0) is 17.4. The number of carboxylic acids is 1. The van der Waals surface area contributed by atoms with Crippen LogP contribution < -0.4 is 4.74 Å². The number of methoxy groups -OCH3 is 1. The monoisotopic (exact) mass is 345 g/mol. The quantitative estimate of drug-likeness (QED) is 0.746. The molecule has 0 aliphatic carbocycles. The first kappa shape index (κ1) is 16.2. The Morgan fingerprint density at radius 2 is 2.00 bits per heavy atom. The third-order valence-corrected chi connectivity index (χ3v) is 3.97. The number of aromatic carboxylic acids is 1. The molecule has 1 N–H and O–H groups in total. The zero-order valence-corrected chi connectivity index (χ0v) is 13.7. The Kier molecular flexibility index (Phi) is 4.11. The summed E-state index contributed by atoms with van der Waals surface area (Å²) in [5, 5.41) is 9.75. The highest BCUT2D eigenvalue weighted by atomic mass is 35.5. The predicted molar refractivity (Wildman–Crippen MR) is 90.4 cm³/mol. The van der Waals surface area contributed by atoms with Crippen LogP contribution in [-0.2, 0) is 0 Å². The summed E-state index contributed by atoms with van der Waals surface area (Å²) in [6, 6.07) is 9.26. The Balaban J connectivity index is 2.30. The topological polar surface area (TPSA) is 59.4 Å². The predicted octanol–water partition coefficient (Wildman–Crippen LogP) is 4.71. The van der Waals surface area contributed by atoms with Gasteiger partial charge in [0.05, 0.1) is 18.4 Å². The Morgan fingerprint density at radius 1 is 1.25 bits per heavy atom. The van der Waals surface area contributed by atoms with E-state index in [2.05, 4.69) is 4.98 Å². The molecular formula is C18H13ClFNO3. The molecule has 1 aromatic heterocycles. The van der Waals surface area contributed by atoms with Gasteiger partial charge in [-0.3, -0.25) is 0 Å². The third-order valence-electron chi connectivity index (χ3n) is 3.75. The van der Waals surface area contributed by atoms with Crippen molar-refractivity contribution in [1.29, 1.82) is 0 Å². The summed E-state index contributed by atoms with van der Waals surface area (Å²) in [5.74, 6) is -1.13. The molecule has 0 bridgehead atoms. The molecule has 2 aromatic carbocycles. The van der Waals surface area contributed by atoms with Crippen molar-refractivity contribution < 1.29 is 19.0 Å². The number of aromatic nitrogens is 1. The average molecular weight is 346 g/mol. The lowest BCUT2D eigenvalue weighted by atomic mass is 10.0. The summed E-state index contributed by atoms with van der Waals surface area (Å²) >= 11 is 5.84. The number of ether oxygens (including phenoxy) is 1. The van der Waals surface area contributed by atoms with Gasteiger partial charge in [0.25, 0.3) is 0 Å². The number of aryl methyl sites for hydroxylation is 1. The van der Waals surface area contributed by atoms with Crippen molar-refractivity contribution >= 4 is 28.5 Å². The molecule has 0 unspecified atom stereocenters. The number of fused-ring (bicyclic) bond motifs is 1. The number of pyridine rings is 1. The SMILES string of the molecule is COc1ccc(-c2cc(C(=O)O)c3cc(Cl)cc(F)c3n2)cc1C. The molecule has 6 heteroatoms. The molecule has 1 heterocycles. The molecule has 0 radical (unpaired) electrons. The molecule has 24 heavy (non-hydrogen) atoms. The van der Waals surface area contributed by atoms with E-state index in [1.807, 2.05) is 13.0 Å². The van der Waals surface area contributed by atoms with E-state index in [0.717, 1.165) is 11.6 Å². The second kappa shape index (κ2) is 6.09. The van der Waals surface area contributed by atoms with Crippen molar-refractivity contribution in [3.63, 3.8) is 0 Å². The normalized spacial score (nSPS) is 10.8. The number of rotatable bonds is 3. The lowest BCUT2D eigenvalue weighted by Gasteiger charge is -2.10. The van der Waals surface area contributed by atoms with Gasteiger partial charge in [0.15, 0.2) is 5.82 Å². The van der Waals surface area contributed by atoms with Crippen LogP contribution in [0.1, 0.15) is 15.9 Å². The molecule has 0 saturated carbocycles. The van der Waals surface area contributed by atoms with Crippen molar-refractivity contribution in [3.8, 4) is 17.0 Å². The maximum atomic E-state index is 14.2. The van der Waals surface area contributed by atoms with E-state index in [1.54, 1.807) is 19.2 Å². The molecule has 0 aliphatic heterocycles. The number of carboxylic acid groups (broad SMARTS) is 1.